The fourth-order valence-corrected chi connectivity index (χ4v) is 4.05. The Morgan fingerprint density at radius 2 is 1.86 bits per heavy atom. The van der Waals surface area contributed by atoms with Crippen molar-refractivity contribution in [2.24, 2.45) is 0 Å². The van der Waals surface area contributed by atoms with Crippen molar-refractivity contribution >= 4 is 20.2 Å². The summed E-state index contributed by atoms with van der Waals surface area (Å²) in [7, 11) is -1.89. The summed E-state index contributed by atoms with van der Waals surface area (Å²) >= 11 is 5.68. The second-order valence-corrected chi connectivity index (χ2v) is 7.28. The van der Waals surface area contributed by atoms with Gasteiger partial charge in [-0.1, -0.05) is 13.3 Å². The normalized spacial score (nSPS) is 15.4. The Kier molecular flexibility index (Phi) is 8.98. The highest BCUT2D eigenvalue weighted by Crippen LogP contribution is 2.16. The van der Waals surface area contributed by atoms with Crippen LogP contribution < -0.4 is 0 Å². The third kappa shape index (κ3) is 6.82. The number of alkyl halides is 1. The standard InChI is InChI=1S/C10H23ClO2Si/c1-4-6-9-13-14(3,12-5-2)10-7-8-11/h4-10H2,1-3H3. The SMILES string of the molecule is CCCCO[Si](C)(CCCCl)OCC. The van der Waals surface area contributed by atoms with Crippen molar-refractivity contribution in [2.45, 2.75) is 45.7 Å². The molecule has 0 rings (SSSR count). The highest BCUT2D eigenvalue weighted by atomic mass is 35.5. The Labute approximate surface area is 94.2 Å². The van der Waals surface area contributed by atoms with E-state index in [-0.39, 0.29) is 0 Å². The zero-order valence-corrected chi connectivity index (χ0v) is 11.4. The van der Waals surface area contributed by atoms with Crippen LogP contribution in [0.5, 0.6) is 0 Å². The number of rotatable bonds is 9. The molecule has 0 heterocycles. The predicted octanol–water partition coefficient (Wildman–Crippen LogP) is 3.54. The van der Waals surface area contributed by atoms with Gasteiger partial charge in [0, 0.05) is 19.1 Å². The van der Waals surface area contributed by atoms with Gasteiger partial charge in [-0.3, -0.25) is 0 Å². The van der Waals surface area contributed by atoms with Crippen molar-refractivity contribution in [1.82, 2.24) is 0 Å². The van der Waals surface area contributed by atoms with E-state index >= 15 is 0 Å². The van der Waals surface area contributed by atoms with Gasteiger partial charge in [-0.15, -0.1) is 11.6 Å². The van der Waals surface area contributed by atoms with E-state index in [1.165, 1.54) is 6.42 Å². The van der Waals surface area contributed by atoms with Crippen molar-refractivity contribution in [3.63, 3.8) is 0 Å². The minimum Gasteiger partial charge on any atom is -0.395 e. The van der Waals surface area contributed by atoms with Crippen molar-refractivity contribution < 1.29 is 8.85 Å². The monoisotopic (exact) mass is 238 g/mol. The molecule has 0 aromatic rings. The summed E-state index contributed by atoms with van der Waals surface area (Å²) in [4.78, 5) is 0. The van der Waals surface area contributed by atoms with E-state index < -0.39 is 8.56 Å². The molecule has 0 bridgehead atoms. The molecule has 1 atom stereocenters. The second-order valence-electron chi connectivity index (χ2n) is 3.56. The highest BCUT2D eigenvalue weighted by Gasteiger charge is 2.29. The van der Waals surface area contributed by atoms with Crippen LogP contribution in [0.3, 0.4) is 0 Å². The van der Waals surface area contributed by atoms with Gasteiger partial charge in [-0.2, -0.15) is 0 Å². The summed E-state index contributed by atoms with van der Waals surface area (Å²) in [6, 6.07) is 1.01. The molecule has 0 aliphatic heterocycles. The fourth-order valence-electron chi connectivity index (χ4n) is 1.31. The Morgan fingerprint density at radius 3 is 2.36 bits per heavy atom. The molecule has 0 amide bonds. The summed E-state index contributed by atoms with van der Waals surface area (Å²) in [5.74, 6) is 0.701. The molecule has 1 unspecified atom stereocenters. The summed E-state index contributed by atoms with van der Waals surface area (Å²) in [5.41, 5.74) is 0. The first-order chi connectivity index (χ1) is 6.68. The molecule has 14 heavy (non-hydrogen) atoms. The zero-order chi connectivity index (χ0) is 10.9. The lowest BCUT2D eigenvalue weighted by atomic mass is 10.4. The van der Waals surface area contributed by atoms with Crippen molar-refractivity contribution in [3.05, 3.63) is 0 Å². The van der Waals surface area contributed by atoms with Gasteiger partial charge < -0.3 is 8.85 Å². The first kappa shape index (κ1) is 14.4. The molecule has 0 aliphatic carbocycles. The Bertz CT molecular complexity index is 135. The molecule has 86 valence electrons. The summed E-state index contributed by atoms with van der Waals surface area (Å²) in [6.07, 6.45) is 3.29. The highest BCUT2D eigenvalue weighted by molar-refractivity contribution is 6.66. The maximum Gasteiger partial charge on any atom is 0.334 e. The van der Waals surface area contributed by atoms with Crippen LogP contribution in [0.15, 0.2) is 0 Å². The van der Waals surface area contributed by atoms with E-state index in [0.29, 0.717) is 5.88 Å². The molecule has 0 aromatic heterocycles. The van der Waals surface area contributed by atoms with Crippen LogP contribution in [0.1, 0.15) is 33.1 Å². The quantitative estimate of drug-likeness (QED) is 0.348. The summed E-state index contributed by atoms with van der Waals surface area (Å²) in [6.45, 7) is 7.91. The van der Waals surface area contributed by atoms with E-state index in [2.05, 4.69) is 13.5 Å². The number of hydrogen-bond donors (Lipinski definition) is 0. The lowest BCUT2D eigenvalue weighted by molar-refractivity contribution is 0.178. The average molecular weight is 239 g/mol. The van der Waals surface area contributed by atoms with Crippen LogP contribution in [0, 0.1) is 0 Å². The van der Waals surface area contributed by atoms with Gasteiger partial charge in [0.25, 0.3) is 0 Å². The predicted molar refractivity (Wildman–Crippen MR) is 64.2 cm³/mol. The fraction of sp³-hybridized carbons (Fsp3) is 1.00. The lowest BCUT2D eigenvalue weighted by Crippen LogP contribution is -2.39. The van der Waals surface area contributed by atoms with Gasteiger partial charge in [-0.05, 0) is 32.4 Å². The zero-order valence-electron chi connectivity index (χ0n) is 9.64. The molecule has 0 aliphatic rings. The van der Waals surface area contributed by atoms with Crippen LogP contribution in [-0.4, -0.2) is 27.7 Å². The molecule has 0 saturated heterocycles. The Balaban J connectivity index is 3.82. The molecular weight excluding hydrogens is 216 g/mol. The van der Waals surface area contributed by atoms with E-state index in [0.717, 1.165) is 32.1 Å². The lowest BCUT2D eigenvalue weighted by Gasteiger charge is -2.26. The van der Waals surface area contributed by atoms with E-state index in [1.807, 2.05) is 6.92 Å². The number of hydrogen-bond acceptors (Lipinski definition) is 2. The molecule has 0 saturated carbocycles. The van der Waals surface area contributed by atoms with E-state index in [1.54, 1.807) is 0 Å². The molecular formula is C10H23ClO2Si. The van der Waals surface area contributed by atoms with Crippen LogP contribution in [0.25, 0.3) is 0 Å². The van der Waals surface area contributed by atoms with Crippen molar-refractivity contribution in [3.8, 4) is 0 Å². The third-order valence-corrected chi connectivity index (χ3v) is 5.36. The van der Waals surface area contributed by atoms with E-state index in [4.69, 9.17) is 20.5 Å². The minimum absolute atomic E-state index is 0.701. The minimum atomic E-state index is -1.89. The molecule has 4 heteroatoms. The molecule has 0 radical (unpaired) electrons. The Hall–Kier alpha value is 0.427. The van der Waals surface area contributed by atoms with Crippen LogP contribution in [0.4, 0.5) is 0 Å². The van der Waals surface area contributed by atoms with Crippen LogP contribution in [0.2, 0.25) is 12.6 Å². The first-order valence-electron chi connectivity index (χ1n) is 5.52. The average Bonchev–Trinajstić information content (AvgIpc) is 2.16. The first-order valence-corrected chi connectivity index (χ1v) is 8.58. The third-order valence-electron chi connectivity index (χ3n) is 2.12. The van der Waals surface area contributed by atoms with Gasteiger partial charge in [0.15, 0.2) is 0 Å². The molecule has 0 fully saturated rings. The molecule has 0 aromatic carbocycles. The van der Waals surface area contributed by atoms with E-state index in [9.17, 15) is 0 Å². The maximum atomic E-state index is 5.87. The molecule has 0 spiro atoms. The largest absolute Gasteiger partial charge is 0.395 e. The summed E-state index contributed by atoms with van der Waals surface area (Å²) in [5, 5.41) is 0. The van der Waals surface area contributed by atoms with Crippen LogP contribution >= 0.6 is 11.6 Å². The maximum absolute atomic E-state index is 5.87. The second kappa shape index (κ2) is 8.71. The van der Waals surface area contributed by atoms with Gasteiger partial charge in [0.05, 0.1) is 0 Å². The van der Waals surface area contributed by atoms with Gasteiger partial charge >= 0.3 is 8.56 Å². The van der Waals surface area contributed by atoms with Gasteiger partial charge in [0.1, 0.15) is 0 Å². The van der Waals surface area contributed by atoms with Gasteiger partial charge in [0.2, 0.25) is 0 Å². The number of unbranched alkanes of at least 4 members (excludes halogenated alkanes) is 1. The van der Waals surface area contributed by atoms with Crippen molar-refractivity contribution in [2.75, 3.05) is 19.1 Å². The number of halogens is 1. The molecule has 0 N–H and O–H groups in total. The topological polar surface area (TPSA) is 18.5 Å². The van der Waals surface area contributed by atoms with Crippen LogP contribution in [-0.2, 0) is 8.85 Å². The molecule has 2 nitrogen and oxygen atoms in total. The van der Waals surface area contributed by atoms with Crippen molar-refractivity contribution in [1.29, 1.82) is 0 Å². The van der Waals surface area contributed by atoms with Gasteiger partial charge in [-0.25, -0.2) is 0 Å². The summed E-state index contributed by atoms with van der Waals surface area (Å²) < 4.78 is 11.6. The Morgan fingerprint density at radius 1 is 1.14 bits per heavy atom. The smallest absolute Gasteiger partial charge is 0.334 e.